The van der Waals surface area contributed by atoms with Crippen LogP contribution in [0.4, 0.5) is 0 Å². The molecule has 2 heterocycles. The minimum Gasteiger partial charge on any atom is -0.367 e. The van der Waals surface area contributed by atoms with Crippen molar-refractivity contribution in [3.63, 3.8) is 0 Å². The normalized spacial score (nSPS) is 15.7. The van der Waals surface area contributed by atoms with Crippen molar-refractivity contribution in [2.24, 2.45) is 5.73 Å². The molecule has 3 N–H and O–H groups in total. The third-order valence-corrected chi connectivity index (χ3v) is 4.62. The number of hydrogen-bond donors (Lipinski definition) is 2. The highest BCUT2D eigenvalue weighted by Gasteiger charge is 2.36. The zero-order chi connectivity index (χ0) is 16.6. The zero-order valence-corrected chi connectivity index (χ0v) is 14.4. The molecule has 1 aromatic carbocycles. The average Bonchev–Trinajstić information content (AvgIpc) is 3.35. The van der Waals surface area contributed by atoms with E-state index in [0.717, 1.165) is 31.2 Å². The molecule has 1 fully saturated rings. The smallest absolute Gasteiger partial charge is 0.257 e. The number of ketones is 1. The van der Waals surface area contributed by atoms with Gasteiger partial charge in [-0.05, 0) is 31.0 Å². The fourth-order valence-corrected chi connectivity index (χ4v) is 3.17. The quantitative estimate of drug-likeness (QED) is 0.696. The lowest BCUT2D eigenvalue weighted by molar-refractivity contribution is 0.103. The molecule has 2 aromatic heterocycles. The number of halogens is 1. The third kappa shape index (κ3) is 3.23. The van der Waals surface area contributed by atoms with Crippen LogP contribution in [0.25, 0.3) is 11.5 Å². The van der Waals surface area contributed by atoms with Gasteiger partial charge in [0.05, 0.1) is 5.54 Å². The monoisotopic (exact) mass is 358 g/mol. The van der Waals surface area contributed by atoms with Crippen LogP contribution in [0.2, 0.25) is 0 Å². The van der Waals surface area contributed by atoms with Crippen LogP contribution in [0.1, 0.15) is 47.4 Å². The van der Waals surface area contributed by atoms with Crippen LogP contribution in [-0.2, 0) is 5.54 Å². The van der Waals surface area contributed by atoms with Crippen molar-refractivity contribution in [1.29, 1.82) is 0 Å². The van der Waals surface area contributed by atoms with Crippen LogP contribution < -0.4 is 5.73 Å². The molecule has 0 spiro atoms. The summed E-state index contributed by atoms with van der Waals surface area (Å²) in [5, 5.41) is 4.06. The maximum Gasteiger partial charge on any atom is 0.257 e. The Hall–Kier alpha value is -2.44. The fourth-order valence-electron chi connectivity index (χ4n) is 3.17. The minimum absolute atomic E-state index is 0. The first kappa shape index (κ1) is 17.4. The van der Waals surface area contributed by atoms with Gasteiger partial charge in [0.1, 0.15) is 0 Å². The summed E-state index contributed by atoms with van der Waals surface area (Å²) < 4.78 is 5.37. The van der Waals surface area contributed by atoms with Gasteiger partial charge in [0.2, 0.25) is 0 Å². The van der Waals surface area contributed by atoms with Crippen molar-refractivity contribution in [2.45, 2.75) is 31.2 Å². The maximum atomic E-state index is 12.3. The highest BCUT2D eigenvalue weighted by molar-refractivity contribution is 6.09. The molecule has 130 valence electrons. The van der Waals surface area contributed by atoms with Crippen molar-refractivity contribution < 1.29 is 9.32 Å². The molecule has 0 aliphatic heterocycles. The second-order valence-electron chi connectivity index (χ2n) is 6.29. The van der Waals surface area contributed by atoms with E-state index in [4.69, 9.17) is 10.3 Å². The van der Waals surface area contributed by atoms with E-state index in [-0.39, 0.29) is 18.2 Å². The van der Waals surface area contributed by atoms with E-state index in [2.05, 4.69) is 15.1 Å². The number of rotatable bonds is 4. The Labute approximate surface area is 151 Å². The first-order valence-electron chi connectivity index (χ1n) is 8.07. The van der Waals surface area contributed by atoms with Crippen molar-refractivity contribution >= 4 is 18.2 Å². The Morgan fingerprint density at radius 1 is 1.12 bits per heavy atom. The Morgan fingerprint density at radius 3 is 2.48 bits per heavy atom. The molecule has 0 atom stereocenters. The Morgan fingerprint density at radius 2 is 1.84 bits per heavy atom. The van der Waals surface area contributed by atoms with Crippen molar-refractivity contribution in [3.05, 3.63) is 59.7 Å². The van der Waals surface area contributed by atoms with Crippen LogP contribution in [0, 0.1) is 0 Å². The molecule has 1 saturated carbocycles. The van der Waals surface area contributed by atoms with E-state index in [1.807, 2.05) is 12.1 Å². The number of carbonyl (C=O) groups excluding carboxylic acids is 1. The molecule has 0 unspecified atom stereocenters. The first-order valence-corrected chi connectivity index (χ1v) is 8.07. The highest BCUT2D eigenvalue weighted by Crippen LogP contribution is 2.35. The molecule has 4 rings (SSSR count). The van der Waals surface area contributed by atoms with E-state index in [0.29, 0.717) is 22.8 Å². The first-order chi connectivity index (χ1) is 11.7. The lowest BCUT2D eigenvalue weighted by atomic mass is 9.98. The minimum atomic E-state index is -0.466. The van der Waals surface area contributed by atoms with Crippen molar-refractivity contribution in [3.8, 4) is 11.5 Å². The molecular formula is C18H19ClN4O2. The molecule has 0 saturated heterocycles. The summed E-state index contributed by atoms with van der Waals surface area (Å²) in [5.74, 6) is 0.978. The Balaban J connectivity index is 0.00000182. The molecule has 7 heteroatoms. The van der Waals surface area contributed by atoms with Gasteiger partial charge in [0.25, 0.3) is 5.89 Å². The van der Waals surface area contributed by atoms with Gasteiger partial charge >= 0.3 is 0 Å². The molecule has 3 aromatic rings. The number of nitrogens with two attached hydrogens (primary N) is 1. The van der Waals surface area contributed by atoms with Gasteiger partial charge < -0.3 is 15.2 Å². The molecular weight excluding hydrogens is 340 g/mol. The second kappa shape index (κ2) is 6.82. The largest absolute Gasteiger partial charge is 0.367 e. The molecule has 6 nitrogen and oxygen atoms in total. The molecule has 1 aliphatic rings. The van der Waals surface area contributed by atoms with E-state index < -0.39 is 5.54 Å². The molecule has 0 radical (unpaired) electrons. The van der Waals surface area contributed by atoms with Gasteiger partial charge in [-0.1, -0.05) is 30.1 Å². The molecule has 25 heavy (non-hydrogen) atoms. The predicted octanol–water partition coefficient (Wildman–Crippen LogP) is 3.45. The second-order valence-corrected chi connectivity index (χ2v) is 6.29. The van der Waals surface area contributed by atoms with E-state index >= 15 is 0 Å². The lowest BCUT2D eigenvalue weighted by Gasteiger charge is -2.17. The fraction of sp³-hybridized carbons (Fsp3) is 0.278. The lowest BCUT2D eigenvalue weighted by Crippen LogP contribution is -2.34. The van der Waals surface area contributed by atoms with E-state index in [1.54, 1.807) is 30.6 Å². The standard InChI is InChI=1S/C18H18N4O2.ClH/c19-18(8-1-2-9-18)17-21-16(24-22-17)13-5-3-12(4-6-13)15(23)14-7-10-20-11-14;/h3-7,10-11,20H,1-2,8-9,19H2;1H. The summed E-state index contributed by atoms with van der Waals surface area (Å²) in [6.07, 6.45) is 7.37. The van der Waals surface area contributed by atoms with E-state index in [9.17, 15) is 4.79 Å². The Kier molecular flexibility index (Phi) is 4.74. The number of hydrogen-bond acceptors (Lipinski definition) is 5. The van der Waals surface area contributed by atoms with Gasteiger partial charge in [-0.2, -0.15) is 4.98 Å². The van der Waals surface area contributed by atoms with Crippen LogP contribution >= 0.6 is 12.4 Å². The van der Waals surface area contributed by atoms with Gasteiger partial charge in [0.15, 0.2) is 11.6 Å². The van der Waals surface area contributed by atoms with Crippen LogP contribution in [0.3, 0.4) is 0 Å². The summed E-state index contributed by atoms with van der Waals surface area (Å²) >= 11 is 0. The highest BCUT2D eigenvalue weighted by atomic mass is 35.5. The summed E-state index contributed by atoms with van der Waals surface area (Å²) in [6, 6.07) is 8.91. The van der Waals surface area contributed by atoms with Crippen molar-refractivity contribution in [1.82, 2.24) is 15.1 Å². The van der Waals surface area contributed by atoms with Gasteiger partial charge in [-0.15, -0.1) is 12.4 Å². The summed E-state index contributed by atoms with van der Waals surface area (Å²) in [4.78, 5) is 19.6. The summed E-state index contributed by atoms with van der Waals surface area (Å²) in [6.45, 7) is 0. The topological polar surface area (TPSA) is 97.8 Å². The molecule has 1 aliphatic carbocycles. The van der Waals surface area contributed by atoms with Gasteiger partial charge in [-0.3, -0.25) is 4.79 Å². The predicted molar refractivity (Wildman–Crippen MR) is 95.5 cm³/mol. The summed E-state index contributed by atoms with van der Waals surface area (Å²) in [7, 11) is 0. The maximum absolute atomic E-state index is 12.3. The third-order valence-electron chi connectivity index (χ3n) is 4.62. The van der Waals surface area contributed by atoms with Crippen LogP contribution in [0.5, 0.6) is 0 Å². The zero-order valence-electron chi connectivity index (χ0n) is 13.6. The number of benzene rings is 1. The van der Waals surface area contributed by atoms with E-state index in [1.165, 1.54) is 0 Å². The average molecular weight is 359 g/mol. The molecule has 0 amide bonds. The number of aromatic amines is 1. The SMILES string of the molecule is Cl.NC1(c2noc(-c3ccc(C(=O)c4cc[nH]c4)cc3)n2)CCCC1. The van der Waals surface area contributed by atoms with Crippen LogP contribution in [0.15, 0.2) is 47.2 Å². The molecule has 0 bridgehead atoms. The number of carbonyl (C=O) groups is 1. The Bertz CT molecular complexity index is 850. The van der Waals surface area contributed by atoms with Crippen LogP contribution in [-0.4, -0.2) is 20.9 Å². The number of nitrogens with zero attached hydrogens (tertiary/aromatic N) is 2. The van der Waals surface area contributed by atoms with Gasteiger partial charge in [-0.25, -0.2) is 0 Å². The number of nitrogens with one attached hydrogen (secondary N) is 1. The number of aromatic nitrogens is 3. The number of H-pyrrole nitrogens is 1. The summed E-state index contributed by atoms with van der Waals surface area (Å²) in [5.41, 5.74) is 7.92. The van der Waals surface area contributed by atoms with Crippen molar-refractivity contribution in [2.75, 3.05) is 0 Å². The van der Waals surface area contributed by atoms with Gasteiger partial charge in [0, 0.05) is 29.1 Å².